The molecule has 0 amide bonds. The molecule has 2 heterocycles. The highest BCUT2D eigenvalue weighted by Crippen LogP contribution is 2.15. The molecule has 1 aliphatic rings. The van der Waals surface area contributed by atoms with Gasteiger partial charge in [-0.15, -0.1) is 0 Å². The summed E-state index contributed by atoms with van der Waals surface area (Å²) in [6.07, 6.45) is 0.936. The van der Waals surface area contributed by atoms with Crippen molar-refractivity contribution < 1.29 is 4.74 Å². The number of nitrogens with one attached hydrogen (secondary N) is 2. The van der Waals surface area contributed by atoms with Crippen LogP contribution < -0.4 is 20.3 Å². The van der Waals surface area contributed by atoms with Gasteiger partial charge >= 0.3 is 6.01 Å². The average Bonchev–Trinajstić information content (AvgIpc) is 2.46. The topological polar surface area (TPSA) is 75.2 Å². The second kappa shape index (κ2) is 7.08. The summed E-state index contributed by atoms with van der Waals surface area (Å²) in [6.45, 7) is 9.19. The fraction of sp³-hybridized carbons (Fsp3) is 0.750. The molecule has 106 valence electrons. The van der Waals surface area contributed by atoms with Gasteiger partial charge in [-0.2, -0.15) is 15.0 Å². The Morgan fingerprint density at radius 3 is 2.68 bits per heavy atom. The van der Waals surface area contributed by atoms with Gasteiger partial charge in [0, 0.05) is 32.7 Å². The smallest absolute Gasteiger partial charge is 0.323 e. The molecule has 19 heavy (non-hydrogen) atoms. The van der Waals surface area contributed by atoms with E-state index in [0.29, 0.717) is 24.5 Å². The third-order valence-electron chi connectivity index (χ3n) is 2.77. The summed E-state index contributed by atoms with van der Waals surface area (Å²) >= 11 is 0. The van der Waals surface area contributed by atoms with Crippen LogP contribution in [0.1, 0.15) is 20.3 Å². The number of hydrogen-bond donors (Lipinski definition) is 2. The van der Waals surface area contributed by atoms with E-state index in [1.807, 2.05) is 6.92 Å². The third-order valence-corrected chi connectivity index (χ3v) is 2.77. The van der Waals surface area contributed by atoms with Crippen LogP contribution in [0, 0.1) is 0 Å². The van der Waals surface area contributed by atoms with E-state index < -0.39 is 0 Å². The number of nitrogens with zero attached hydrogens (tertiary/aromatic N) is 4. The zero-order valence-corrected chi connectivity index (χ0v) is 11.6. The number of anilines is 2. The fourth-order valence-corrected chi connectivity index (χ4v) is 1.85. The van der Waals surface area contributed by atoms with E-state index in [4.69, 9.17) is 4.74 Å². The Kier molecular flexibility index (Phi) is 5.14. The zero-order valence-electron chi connectivity index (χ0n) is 11.6. The molecular formula is C12H22N6O. The minimum absolute atomic E-state index is 0.404. The molecule has 1 fully saturated rings. The van der Waals surface area contributed by atoms with Crippen molar-refractivity contribution in [2.24, 2.45) is 0 Å². The Morgan fingerprint density at radius 2 is 2.00 bits per heavy atom. The van der Waals surface area contributed by atoms with E-state index in [2.05, 4.69) is 37.4 Å². The summed E-state index contributed by atoms with van der Waals surface area (Å²) in [4.78, 5) is 15.2. The lowest BCUT2D eigenvalue weighted by Crippen LogP contribution is -2.44. The van der Waals surface area contributed by atoms with Crippen molar-refractivity contribution in [2.75, 3.05) is 49.5 Å². The first-order chi connectivity index (χ1) is 9.33. The van der Waals surface area contributed by atoms with Crippen molar-refractivity contribution in [3.63, 3.8) is 0 Å². The fourth-order valence-electron chi connectivity index (χ4n) is 1.85. The molecule has 0 bridgehead atoms. The van der Waals surface area contributed by atoms with Crippen LogP contribution in [0.3, 0.4) is 0 Å². The number of aromatic nitrogens is 3. The second-order valence-corrected chi connectivity index (χ2v) is 4.36. The maximum Gasteiger partial charge on any atom is 0.323 e. The molecule has 2 N–H and O–H groups in total. The molecular weight excluding hydrogens is 244 g/mol. The van der Waals surface area contributed by atoms with Gasteiger partial charge in [0.2, 0.25) is 11.9 Å². The predicted octanol–water partition coefficient (Wildman–Crippen LogP) is 0.502. The maximum absolute atomic E-state index is 5.53. The zero-order chi connectivity index (χ0) is 13.5. The van der Waals surface area contributed by atoms with Crippen LogP contribution in [-0.2, 0) is 0 Å². The van der Waals surface area contributed by atoms with E-state index in [1.165, 1.54) is 0 Å². The predicted molar refractivity (Wildman–Crippen MR) is 74.9 cm³/mol. The highest BCUT2D eigenvalue weighted by atomic mass is 16.5. The van der Waals surface area contributed by atoms with Gasteiger partial charge in [0.05, 0.1) is 6.61 Å². The molecule has 0 radical (unpaired) electrons. The molecule has 0 unspecified atom stereocenters. The van der Waals surface area contributed by atoms with E-state index in [1.54, 1.807) is 0 Å². The van der Waals surface area contributed by atoms with Gasteiger partial charge in [0.1, 0.15) is 0 Å². The number of hydrogen-bond acceptors (Lipinski definition) is 7. The van der Waals surface area contributed by atoms with Crippen LogP contribution in [-0.4, -0.2) is 54.3 Å². The Balaban J connectivity index is 2.17. The monoisotopic (exact) mass is 266 g/mol. The molecule has 1 aliphatic heterocycles. The minimum Gasteiger partial charge on any atom is -0.463 e. The van der Waals surface area contributed by atoms with Crippen LogP contribution >= 0.6 is 0 Å². The third kappa shape index (κ3) is 3.92. The SMILES string of the molecule is CCCOc1nc(NCC)nc(N2CCNCC2)n1. The molecule has 0 atom stereocenters. The van der Waals surface area contributed by atoms with Crippen LogP contribution in [0.4, 0.5) is 11.9 Å². The van der Waals surface area contributed by atoms with Gasteiger partial charge < -0.3 is 20.3 Å². The molecule has 0 spiro atoms. The number of rotatable bonds is 6. The van der Waals surface area contributed by atoms with E-state index in [9.17, 15) is 0 Å². The second-order valence-electron chi connectivity index (χ2n) is 4.36. The Bertz CT molecular complexity index is 394. The first kappa shape index (κ1) is 13.8. The van der Waals surface area contributed by atoms with Crippen LogP contribution in [0.25, 0.3) is 0 Å². The molecule has 7 heteroatoms. The normalized spacial score (nSPS) is 15.4. The van der Waals surface area contributed by atoms with Gasteiger partial charge in [-0.1, -0.05) is 6.92 Å². The van der Waals surface area contributed by atoms with Crippen molar-refractivity contribution >= 4 is 11.9 Å². The lowest BCUT2D eigenvalue weighted by atomic mass is 10.4. The summed E-state index contributed by atoms with van der Waals surface area (Å²) in [7, 11) is 0. The summed E-state index contributed by atoms with van der Waals surface area (Å²) in [5.41, 5.74) is 0. The molecule has 1 aromatic heterocycles. The standard InChI is InChI=1S/C12H22N6O/c1-3-9-19-12-16-10(14-4-2)15-11(17-12)18-7-5-13-6-8-18/h13H,3-9H2,1-2H3,(H,14,15,16,17). The lowest BCUT2D eigenvalue weighted by Gasteiger charge is -2.27. The number of piperazine rings is 1. The first-order valence-corrected chi connectivity index (χ1v) is 6.92. The summed E-state index contributed by atoms with van der Waals surface area (Å²) in [5, 5.41) is 6.43. The van der Waals surface area contributed by atoms with Gasteiger partial charge in [-0.3, -0.25) is 0 Å². The molecule has 1 saturated heterocycles. The Morgan fingerprint density at radius 1 is 1.21 bits per heavy atom. The first-order valence-electron chi connectivity index (χ1n) is 6.92. The quantitative estimate of drug-likeness (QED) is 0.776. The van der Waals surface area contributed by atoms with Crippen LogP contribution in [0.2, 0.25) is 0 Å². The molecule has 0 aromatic carbocycles. The van der Waals surface area contributed by atoms with Gasteiger partial charge in [0.25, 0.3) is 0 Å². The van der Waals surface area contributed by atoms with Crippen molar-refractivity contribution in [1.82, 2.24) is 20.3 Å². The van der Waals surface area contributed by atoms with Gasteiger partial charge in [0.15, 0.2) is 0 Å². The molecule has 7 nitrogen and oxygen atoms in total. The van der Waals surface area contributed by atoms with E-state index >= 15 is 0 Å². The summed E-state index contributed by atoms with van der Waals surface area (Å²) in [5.74, 6) is 1.27. The molecule has 1 aromatic rings. The van der Waals surface area contributed by atoms with Crippen molar-refractivity contribution in [3.8, 4) is 6.01 Å². The van der Waals surface area contributed by atoms with Crippen molar-refractivity contribution in [1.29, 1.82) is 0 Å². The van der Waals surface area contributed by atoms with Crippen molar-refractivity contribution in [3.05, 3.63) is 0 Å². The van der Waals surface area contributed by atoms with Gasteiger partial charge in [-0.25, -0.2) is 0 Å². The lowest BCUT2D eigenvalue weighted by molar-refractivity contribution is 0.291. The van der Waals surface area contributed by atoms with Crippen LogP contribution in [0.15, 0.2) is 0 Å². The summed E-state index contributed by atoms with van der Waals surface area (Å²) < 4.78 is 5.53. The Labute approximate surface area is 113 Å². The van der Waals surface area contributed by atoms with E-state index in [0.717, 1.165) is 39.1 Å². The largest absolute Gasteiger partial charge is 0.463 e. The minimum atomic E-state index is 0.404. The molecule has 0 saturated carbocycles. The van der Waals surface area contributed by atoms with Gasteiger partial charge in [-0.05, 0) is 13.3 Å². The highest BCUT2D eigenvalue weighted by molar-refractivity contribution is 5.38. The van der Waals surface area contributed by atoms with Crippen molar-refractivity contribution in [2.45, 2.75) is 20.3 Å². The molecule has 0 aliphatic carbocycles. The molecule has 2 rings (SSSR count). The van der Waals surface area contributed by atoms with Crippen LogP contribution in [0.5, 0.6) is 6.01 Å². The maximum atomic E-state index is 5.53. The average molecular weight is 266 g/mol. The summed E-state index contributed by atoms with van der Waals surface area (Å²) in [6, 6.07) is 0.404. The highest BCUT2D eigenvalue weighted by Gasteiger charge is 2.16. The number of ether oxygens (including phenoxy) is 1. The van der Waals surface area contributed by atoms with E-state index in [-0.39, 0.29) is 0 Å². The Hall–Kier alpha value is -1.63.